The molecule has 1 aliphatic rings. The molecule has 0 radical (unpaired) electrons. The standard InChI is InChI=1S/C13H15FN2O3S/c1-20-7-4-12(17)15-11-8-9(2-3-10(11)14)16-5-6-19-13(16)18/h2-3,8H,4-7H2,1H3,(H,15,17). The van der Waals surface area contributed by atoms with Gasteiger partial charge in [-0.3, -0.25) is 9.69 Å². The first kappa shape index (κ1) is 14.6. The number of hydrogen-bond donors (Lipinski definition) is 1. The molecule has 0 aromatic heterocycles. The lowest BCUT2D eigenvalue weighted by molar-refractivity contribution is -0.115. The molecule has 20 heavy (non-hydrogen) atoms. The highest BCUT2D eigenvalue weighted by molar-refractivity contribution is 7.98. The average molecular weight is 298 g/mol. The number of hydrogen-bond acceptors (Lipinski definition) is 4. The van der Waals surface area contributed by atoms with Crippen LogP contribution in [0.15, 0.2) is 18.2 Å². The van der Waals surface area contributed by atoms with E-state index in [1.807, 2.05) is 6.26 Å². The number of benzene rings is 1. The number of rotatable bonds is 5. The van der Waals surface area contributed by atoms with Crippen molar-refractivity contribution in [3.63, 3.8) is 0 Å². The molecule has 0 saturated carbocycles. The van der Waals surface area contributed by atoms with Gasteiger partial charge in [-0.1, -0.05) is 0 Å². The number of anilines is 2. The SMILES string of the molecule is CSCCC(=O)Nc1cc(N2CCOC2=O)ccc1F. The van der Waals surface area contributed by atoms with Crippen LogP contribution >= 0.6 is 11.8 Å². The lowest BCUT2D eigenvalue weighted by atomic mass is 10.2. The summed E-state index contributed by atoms with van der Waals surface area (Å²) in [5, 5.41) is 2.52. The summed E-state index contributed by atoms with van der Waals surface area (Å²) in [4.78, 5) is 24.5. The van der Waals surface area contributed by atoms with Crippen molar-refractivity contribution in [3.05, 3.63) is 24.0 Å². The van der Waals surface area contributed by atoms with Crippen molar-refractivity contribution in [2.24, 2.45) is 0 Å². The fraction of sp³-hybridized carbons (Fsp3) is 0.385. The van der Waals surface area contributed by atoms with Crippen LogP contribution in [0.1, 0.15) is 6.42 Å². The Hall–Kier alpha value is -1.76. The number of thioether (sulfide) groups is 1. The van der Waals surface area contributed by atoms with E-state index in [2.05, 4.69) is 5.32 Å². The molecule has 1 fully saturated rings. The fourth-order valence-electron chi connectivity index (χ4n) is 1.81. The third-order valence-corrected chi connectivity index (χ3v) is 3.44. The van der Waals surface area contributed by atoms with E-state index in [9.17, 15) is 14.0 Å². The van der Waals surface area contributed by atoms with E-state index in [0.29, 0.717) is 31.0 Å². The maximum Gasteiger partial charge on any atom is 0.414 e. The molecule has 0 unspecified atom stereocenters. The van der Waals surface area contributed by atoms with Gasteiger partial charge < -0.3 is 10.1 Å². The topological polar surface area (TPSA) is 58.6 Å². The van der Waals surface area contributed by atoms with Crippen LogP contribution < -0.4 is 10.2 Å². The summed E-state index contributed by atoms with van der Waals surface area (Å²) in [6, 6.07) is 4.16. The lowest BCUT2D eigenvalue weighted by Crippen LogP contribution is -2.23. The van der Waals surface area contributed by atoms with E-state index in [0.717, 1.165) is 0 Å². The van der Waals surface area contributed by atoms with Crippen molar-refractivity contribution in [3.8, 4) is 0 Å². The van der Waals surface area contributed by atoms with Crippen LogP contribution in [0.3, 0.4) is 0 Å². The Morgan fingerprint density at radius 1 is 1.55 bits per heavy atom. The first-order chi connectivity index (χ1) is 9.61. The molecule has 1 saturated heterocycles. The highest BCUT2D eigenvalue weighted by Gasteiger charge is 2.24. The zero-order valence-corrected chi connectivity index (χ0v) is 11.8. The van der Waals surface area contributed by atoms with E-state index in [1.54, 1.807) is 11.8 Å². The van der Waals surface area contributed by atoms with Crippen LogP contribution in [0.5, 0.6) is 0 Å². The van der Waals surface area contributed by atoms with Gasteiger partial charge in [0, 0.05) is 17.9 Å². The van der Waals surface area contributed by atoms with Gasteiger partial charge in [-0.05, 0) is 24.5 Å². The van der Waals surface area contributed by atoms with Crippen LogP contribution in [-0.2, 0) is 9.53 Å². The van der Waals surface area contributed by atoms with E-state index >= 15 is 0 Å². The third kappa shape index (κ3) is 3.41. The van der Waals surface area contributed by atoms with Gasteiger partial charge in [0.2, 0.25) is 5.91 Å². The largest absolute Gasteiger partial charge is 0.447 e. The summed E-state index contributed by atoms with van der Waals surface area (Å²) >= 11 is 1.54. The van der Waals surface area contributed by atoms with Gasteiger partial charge in [0.25, 0.3) is 0 Å². The van der Waals surface area contributed by atoms with Gasteiger partial charge in [0.1, 0.15) is 12.4 Å². The van der Waals surface area contributed by atoms with Crippen molar-refractivity contribution in [1.82, 2.24) is 0 Å². The Morgan fingerprint density at radius 2 is 2.35 bits per heavy atom. The summed E-state index contributed by atoms with van der Waals surface area (Å²) in [5.74, 6) is -0.107. The minimum atomic E-state index is -0.529. The molecular weight excluding hydrogens is 283 g/mol. The van der Waals surface area contributed by atoms with Crippen LogP contribution in [0.2, 0.25) is 0 Å². The molecule has 7 heteroatoms. The zero-order valence-electron chi connectivity index (χ0n) is 11.0. The number of cyclic esters (lactones) is 1. The predicted octanol–water partition coefficient (Wildman–Crippen LogP) is 2.47. The van der Waals surface area contributed by atoms with Crippen LogP contribution in [0.4, 0.5) is 20.6 Å². The first-order valence-electron chi connectivity index (χ1n) is 6.14. The molecule has 0 spiro atoms. The van der Waals surface area contributed by atoms with Gasteiger partial charge in [-0.2, -0.15) is 11.8 Å². The second kappa shape index (κ2) is 6.60. The van der Waals surface area contributed by atoms with Crippen molar-refractivity contribution in [2.45, 2.75) is 6.42 Å². The van der Waals surface area contributed by atoms with E-state index in [1.165, 1.54) is 23.1 Å². The molecular formula is C13H15FN2O3S. The highest BCUT2D eigenvalue weighted by atomic mass is 32.2. The lowest BCUT2D eigenvalue weighted by Gasteiger charge is -2.14. The zero-order chi connectivity index (χ0) is 14.5. The molecule has 1 aromatic carbocycles. The van der Waals surface area contributed by atoms with Crippen molar-refractivity contribution in [2.75, 3.05) is 35.4 Å². The molecule has 1 aromatic rings. The van der Waals surface area contributed by atoms with E-state index in [-0.39, 0.29) is 11.6 Å². The summed E-state index contributed by atoms with van der Waals surface area (Å²) in [6.07, 6.45) is 1.75. The Morgan fingerprint density at radius 3 is 3.00 bits per heavy atom. The Balaban J connectivity index is 2.12. The smallest absolute Gasteiger partial charge is 0.414 e. The van der Waals surface area contributed by atoms with Gasteiger partial charge >= 0.3 is 6.09 Å². The molecule has 1 heterocycles. The monoisotopic (exact) mass is 298 g/mol. The molecule has 1 aliphatic heterocycles. The van der Waals surface area contributed by atoms with Crippen LogP contribution in [-0.4, -0.2) is 37.2 Å². The molecule has 2 amide bonds. The Bertz CT molecular complexity index is 524. The predicted molar refractivity (Wildman–Crippen MR) is 76.7 cm³/mol. The quantitative estimate of drug-likeness (QED) is 0.907. The molecule has 2 rings (SSSR count). The second-order valence-corrected chi connectivity index (χ2v) is 5.21. The maximum atomic E-state index is 13.7. The van der Waals surface area contributed by atoms with Crippen LogP contribution in [0.25, 0.3) is 0 Å². The summed E-state index contributed by atoms with van der Waals surface area (Å²) < 4.78 is 18.5. The number of carbonyl (C=O) groups is 2. The Labute approximate surface area is 120 Å². The minimum absolute atomic E-state index is 0.0771. The van der Waals surface area contributed by atoms with E-state index < -0.39 is 11.9 Å². The molecule has 5 nitrogen and oxygen atoms in total. The van der Waals surface area contributed by atoms with Gasteiger partial charge in [-0.15, -0.1) is 0 Å². The second-order valence-electron chi connectivity index (χ2n) is 4.22. The number of amides is 2. The molecule has 0 atom stereocenters. The number of nitrogens with one attached hydrogen (secondary N) is 1. The summed E-state index contributed by atoms with van der Waals surface area (Å²) in [6.45, 7) is 0.732. The molecule has 0 bridgehead atoms. The Kier molecular flexibility index (Phi) is 4.84. The third-order valence-electron chi connectivity index (χ3n) is 2.83. The van der Waals surface area contributed by atoms with Crippen molar-refractivity contribution in [1.29, 1.82) is 0 Å². The van der Waals surface area contributed by atoms with Crippen molar-refractivity contribution >= 4 is 35.1 Å². The summed E-state index contributed by atoms with van der Waals surface area (Å²) in [7, 11) is 0. The van der Waals surface area contributed by atoms with Gasteiger partial charge in [0.15, 0.2) is 0 Å². The number of nitrogens with zero attached hydrogens (tertiary/aromatic N) is 1. The summed E-state index contributed by atoms with van der Waals surface area (Å²) in [5.41, 5.74) is 0.586. The van der Waals surface area contributed by atoms with E-state index in [4.69, 9.17) is 4.74 Å². The van der Waals surface area contributed by atoms with Crippen LogP contribution in [0, 0.1) is 5.82 Å². The first-order valence-corrected chi connectivity index (χ1v) is 7.54. The molecule has 108 valence electrons. The minimum Gasteiger partial charge on any atom is -0.447 e. The number of carbonyl (C=O) groups excluding carboxylic acids is 2. The number of ether oxygens (including phenoxy) is 1. The maximum absolute atomic E-state index is 13.7. The average Bonchev–Trinajstić information content (AvgIpc) is 2.85. The highest BCUT2D eigenvalue weighted by Crippen LogP contribution is 2.25. The number of halogens is 1. The van der Waals surface area contributed by atoms with Gasteiger partial charge in [-0.25, -0.2) is 9.18 Å². The van der Waals surface area contributed by atoms with Gasteiger partial charge in [0.05, 0.1) is 12.2 Å². The van der Waals surface area contributed by atoms with Crippen molar-refractivity contribution < 1.29 is 18.7 Å². The normalized spacial score (nSPS) is 14.3. The molecule has 1 N–H and O–H groups in total. The molecule has 0 aliphatic carbocycles. The fourth-order valence-corrected chi connectivity index (χ4v) is 2.20.